The lowest BCUT2D eigenvalue weighted by molar-refractivity contribution is -0.120. The lowest BCUT2D eigenvalue weighted by Gasteiger charge is -2.33. The third-order valence-corrected chi connectivity index (χ3v) is 3.82. The van der Waals surface area contributed by atoms with Crippen LogP contribution in [0.5, 0.6) is 0 Å². The molecule has 2 unspecified atom stereocenters. The van der Waals surface area contributed by atoms with Crippen molar-refractivity contribution in [2.45, 2.75) is 44.9 Å². The fourth-order valence-corrected chi connectivity index (χ4v) is 2.91. The van der Waals surface area contributed by atoms with Crippen LogP contribution < -0.4 is 5.32 Å². The third kappa shape index (κ3) is 4.12. The van der Waals surface area contributed by atoms with Gasteiger partial charge in [0.1, 0.15) is 19.0 Å². The standard InChI is InChI=1S/C16H22ClNO4/c1-10(2)18-16(19)22-13-8-7-11-5-4-6-12(17)14(11)15(13)21-9-20-3/h4-6,10,13,15H,7-9H2,1-3H3,(H,18,19). The number of hydrogen-bond donors (Lipinski definition) is 1. The van der Waals surface area contributed by atoms with E-state index in [0.29, 0.717) is 11.4 Å². The Kier molecular flexibility index (Phi) is 6.06. The van der Waals surface area contributed by atoms with Crippen LogP contribution in [0.1, 0.15) is 37.5 Å². The molecule has 1 aliphatic carbocycles. The minimum Gasteiger partial charge on any atom is -0.443 e. The molecule has 0 radical (unpaired) electrons. The van der Waals surface area contributed by atoms with E-state index in [1.807, 2.05) is 32.0 Å². The molecule has 0 saturated heterocycles. The van der Waals surface area contributed by atoms with Gasteiger partial charge in [0.05, 0.1) is 0 Å². The van der Waals surface area contributed by atoms with Gasteiger partial charge in [-0.3, -0.25) is 0 Å². The van der Waals surface area contributed by atoms with Crippen LogP contribution in [-0.4, -0.2) is 32.1 Å². The van der Waals surface area contributed by atoms with Crippen molar-refractivity contribution in [2.24, 2.45) is 0 Å². The Bertz CT molecular complexity index is 521. The van der Waals surface area contributed by atoms with Crippen molar-refractivity contribution in [1.82, 2.24) is 5.32 Å². The summed E-state index contributed by atoms with van der Waals surface area (Å²) in [5.74, 6) is 0. The highest BCUT2D eigenvalue weighted by Gasteiger charge is 2.35. The lowest BCUT2D eigenvalue weighted by Crippen LogP contribution is -2.38. The van der Waals surface area contributed by atoms with Crippen LogP contribution in [0.3, 0.4) is 0 Å². The molecule has 1 aromatic rings. The highest BCUT2D eigenvalue weighted by Crippen LogP contribution is 2.38. The van der Waals surface area contributed by atoms with Gasteiger partial charge in [0.25, 0.3) is 0 Å². The number of methoxy groups -OCH3 is 1. The molecule has 2 rings (SSSR count). The Morgan fingerprint density at radius 2 is 2.23 bits per heavy atom. The van der Waals surface area contributed by atoms with Crippen molar-refractivity contribution in [3.05, 3.63) is 34.3 Å². The summed E-state index contributed by atoms with van der Waals surface area (Å²) in [6.45, 7) is 3.88. The van der Waals surface area contributed by atoms with Crippen LogP contribution in [0.25, 0.3) is 0 Å². The highest BCUT2D eigenvalue weighted by atomic mass is 35.5. The van der Waals surface area contributed by atoms with E-state index in [4.69, 9.17) is 25.8 Å². The molecule has 1 aromatic carbocycles. The smallest absolute Gasteiger partial charge is 0.407 e. The van der Waals surface area contributed by atoms with E-state index in [2.05, 4.69) is 5.32 Å². The van der Waals surface area contributed by atoms with Crippen LogP contribution in [0.2, 0.25) is 5.02 Å². The number of benzene rings is 1. The number of aryl methyl sites for hydroxylation is 1. The molecule has 0 fully saturated rings. The van der Waals surface area contributed by atoms with Gasteiger partial charge < -0.3 is 19.5 Å². The summed E-state index contributed by atoms with van der Waals surface area (Å²) < 4.78 is 16.3. The largest absolute Gasteiger partial charge is 0.443 e. The maximum Gasteiger partial charge on any atom is 0.407 e. The van der Waals surface area contributed by atoms with E-state index in [9.17, 15) is 4.79 Å². The maximum absolute atomic E-state index is 11.9. The summed E-state index contributed by atoms with van der Waals surface area (Å²) in [5.41, 5.74) is 2.01. The summed E-state index contributed by atoms with van der Waals surface area (Å²) >= 11 is 6.33. The second-order valence-electron chi connectivity index (χ2n) is 5.59. The second-order valence-corrected chi connectivity index (χ2v) is 6.00. The van der Waals surface area contributed by atoms with Crippen LogP contribution in [0.15, 0.2) is 18.2 Å². The van der Waals surface area contributed by atoms with E-state index in [1.54, 1.807) is 7.11 Å². The van der Waals surface area contributed by atoms with Crippen molar-refractivity contribution in [3.8, 4) is 0 Å². The van der Waals surface area contributed by atoms with Gasteiger partial charge >= 0.3 is 6.09 Å². The Balaban J connectivity index is 2.19. The maximum atomic E-state index is 11.9. The van der Waals surface area contributed by atoms with Gasteiger partial charge in [-0.05, 0) is 38.3 Å². The van der Waals surface area contributed by atoms with Gasteiger partial charge in [-0.2, -0.15) is 0 Å². The Labute approximate surface area is 135 Å². The van der Waals surface area contributed by atoms with E-state index < -0.39 is 12.2 Å². The fraction of sp³-hybridized carbons (Fsp3) is 0.562. The number of carbonyl (C=O) groups excluding carboxylic acids is 1. The van der Waals surface area contributed by atoms with Crippen molar-refractivity contribution in [1.29, 1.82) is 0 Å². The molecule has 6 heteroatoms. The van der Waals surface area contributed by atoms with Gasteiger partial charge in [0, 0.05) is 23.7 Å². The predicted octanol–water partition coefficient (Wildman–Crippen LogP) is 3.45. The lowest BCUT2D eigenvalue weighted by atomic mass is 9.87. The monoisotopic (exact) mass is 327 g/mol. The minimum absolute atomic E-state index is 0.0188. The van der Waals surface area contributed by atoms with Gasteiger partial charge in [-0.25, -0.2) is 4.79 Å². The number of alkyl carbamates (subject to hydrolysis) is 1. The first-order chi connectivity index (χ1) is 10.5. The molecule has 1 aliphatic rings. The zero-order valence-corrected chi connectivity index (χ0v) is 13.9. The highest BCUT2D eigenvalue weighted by molar-refractivity contribution is 6.31. The van der Waals surface area contributed by atoms with E-state index in [0.717, 1.165) is 17.5 Å². The SMILES string of the molecule is COCOC1c2c(Cl)cccc2CCC1OC(=O)NC(C)C. The Morgan fingerprint density at radius 1 is 1.45 bits per heavy atom. The first kappa shape index (κ1) is 17.1. The Hall–Kier alpha value is -1.30. The number of rotatable bonds is 5. The number of amides is 1. The average molecular weight is 328 g/mol. The predicted molar refractivity (Wildman–Crippen MR) is 84.0 cm³/mol. The molecule has 0 saturated carbocycles. The number of carbonyl (C=O) groups is 1. The van der Waals surface area contributed by atoms with Crippen LogP contribution in [0, 0.1) is 0 Å². The molecular formula is C16H22ClNO4. The van der Waals surface area contributed by atoms with Crippen molar-refractivity contribution in [3.63, 3.8) is 0 Å². The zero-order chi connectivity index (χ0) is 16.1. The zero-order valence-electron chi connectivity index (χ0n) is 13.1. The van der Waals surface area contributed by atoms with Gasteiger partial charge in [0.15, 0.2) is 0 Å². The molecule has 0 aromatic heterocycles. The molecule has 0 bridgehead atoms. The number of fused-ring (bicyclic) bond motifs is 1. The summed E-state index contributed by atoms with van der Waals surface area (Å²) in [5, 5.41) is 3.35. The van der Waals surface area contributed by atoms with Crippen LogP contribution in [0.4, 0.5) is 4.79 Å². The normalized spacial score (nSPS) is 20.6. The molecule has 2 atom stereocenters. The number of nitrogens with one attached hydrogen (secondary N) is 1. The van der Waals surface area contributed by atoms with Gasteiger partial charge in [-0.1, -0.05) is 23.7 Å². The minimum atomic E-state index is -0.443. The van der Waals surface area contributed by atoms with Crippen molar-refractivity contribution < 1.29 is 19.0 Å². The van der Waals surface area contributed by atoms with Crippen LogP contribution >= 0.6 is 11.6 Å². The summed E-state index contributed by atoms with van der Waals surface area (Å²) in [7, 11) is 1.55. The summed E-state index contributed by atoms with van der Waals surface area (Å²) in [4.78, 5) is 11.9. The Morgan fingerprint density at radius 3 is 2.91 bits per heavy atom. The molecule has 5 nitrogen and oxygen atoms in total. The third-order valence-electron chi connectivity index (χ3n) is 3.49. The molecular weight excluding hydrogens is 306 g/mol. The first-order valence-corrected chi connectivity index (χ1v) is 7.75. The number of halogens is 1. The topological polar surface area (TPSA) is 56.8 Å². The van der Waals surface area contributed by atoms with Gasteiger partial charge in [-0.15, -0.1) is 0 Å². The summed E-state index contributed by atoms with van der Waals surface area (Å²) in [6, 6.07) is 5.78. The van der Waals surface area contributed by atoms with Crippen molar-refractivity contribution in [2.75, 3.05) is 13.9 Å². The van der Waals surface area contributed by atoms with E-state index in [-0.39, 0.29) is 18.9 Å². The fourth-order valence-electron chi connectivity index (χ4n) is 2.61. The molecule has 1 N–H and O–H groups in total. The number of ether oxygens (including phenoxy) is 3. The molecule has 122 valence electrons. The second kappa shape index (κ2) is 7.81. The average Bonchev–Trinajstić information content (AvgIpc) is 2.45. The number of hydrogen-bond acceptors (Lipinski definition) is 4. The molecule has 1 amide bonds. The van der Waals surface area contributed by atoms with E-state index >= 15 is 0 Å². The quantitative estimate of drug-likeness (QED) is 0.842. The molecule has 0 heterocycles. The van der Waals surface area contributed by atoms with Gasteiger partial charge in [0.2, 0.25) is 0 Å². The summed E-state index contributed by atoms with van der Waals surface area (Å²) in [6.07, 6.45) is 0.230. The van der Waals surface area contributed by atoms with E-state index in [1.165, 1.54) is 0 Å². The first-order valence-electron chi connectivity index (χ1n) is 7.38. The molecule has 0 aliphatic heterocycles. The van der Waals surface area contributed by atoms with Crippen molar-refractivity contribution >= 4 is 17.7 Å². The molecule has 0 spiro atoms. The molecule has 22 heavy (non-hydrogen) atoms. The van der Waals surface area contributed by atoms with Crippen LogP contribution in [-0.2, 0) is 20.6 Å².